The number of carbonyl (C=O) groups excluding carboxylic acids is 2. The van der Waals surface area contributed by atoms with Crippen LogP contribution >= 0.6 is 11.6 Å². The lowest BCUT2D eigenvalue weighted by molar-refractivity contribution is -0.386. The van der Waals surface area contributed by atoms with Crippen LogP contribution in [0.25, 0.3) is 5.65 Å². The number of fused-ring (bicyclic) bond motifs is 3. The molecule has 1 N–H and O–H groups in total. The van der Waals surface area contributed by atoms with Crippen LogP contribution in [0.3, 0.4) is 0 Å². The van der Waals surface area contributed by atoms with E-state index in [4.69, 9.17) is 25.8 Å². The topological polar surface area (TPSA) is 163 Å². The Labute approximate surface area is 228 Å². The molecule has 1 aliphatic heterocycles. The number of rotatable bonds is 8. The zero-order chi connectivity index (χ0) is 28.5. The molecule has 0 bridgehead atoms. The summed E-state index contributed by atoms with van der Waals surface area (Å²) in [7, 11) is 1.28. The van der Waals surface area contributed by atoms with Gasteiger partial charge in [-0.3, -0.25) is 14.9 Å². The van der Waals surface area contributed by atoms with Gasteiger partial charge in [0, 0.05) is 29.9 Å². The Bertz CT molecular complexity index is 1440. The largest absolute Gasteiger partial charge is 0.476 e. The van der Waals surface area contributed by atoms with E-state index in [1.165, 1.54) is 30.1 Å². The summed E-state index contributed by atoms with van der Waals surface area (Å²) >= 11 is 6.36. The van der Waals surface area contributed by atoms with Crippen molar-refractivity contribution >= 4 is 40.8 Å². The van der Waals surface area contributed by atoms with Crippen molar-refractivity contribution in [3.05, 3.63) is 50.4 Å². The van der Waals surface area contributed by atoms with Crippen LogP contribution in [0.2, 0.25) is 5.15 Å². The highest BCUT2D eigenvalue weighted by Crippen LogP contribution is 2.30. The lowest BCUT2D eigenvalue weighted by Gasteiger charge is -2.27. The van der Waals surface area contributed by atoms with Crippen LogP contribution < -0.4 is 10.1 Å². The van der Waals surface area contributed by atoms with Crippen LogP contribution in [0.15, 0.2) is 18.5 Å². The molecule has 0 radical (unpaired) electrons. The van der Waals surface area contributed by atoms with Gasteiger partial charge in [0.05, 0.1) is 37.5 Å². The molecule has 4 heterocycles. The van der Waals surface area contributed by atoms with Crippen molar-refractivity contribution in [1.29, 1.82) is 0 Å². The number of anilines is 1. The summed E-state index contributed by atoms with van der Waals surface area (Å²) in [4.78, 5) is 46.7. The second-order valence-electron chi connectivity index (χ2n) is 9.85. The fraction of sp³-hybridized carbons (Fsp3) is 0.458. The van der Waals surface area contributed by atoms with E-state index in [2.05, 4.69) is 20.4 Å². The maximum absolute atomic E-state index is 13.7. The Morgan fingerprint density at radius 3 is 2.74 bits per heavy atom. The number of imide groups is 1. The summed E-state index contributed by atoms with van der Waals surface area (Å²) in [6.07, 6.45) is 1.82. The lowest BCUT2D eigenvalue weighted by Crippen LogP contribution is -2.44. The summed E-state index contributed by atoms with van der Waals surface area (Å²) in [5, 5.41) is 19.0. The molecule has 39 heavy (non-hydrogen) atoms. The summed E-state index contributed by atoms with van der Waals surface area (Å²) in [5.41, 5.74) is 0.272. The van der Waals surface area contributed by atoms with E-state index in [-0.39, 0.29) is 41.1 Å². The molecule has 3 aromatic heterocycles. The maximum atomic E-state index is 13.7. The summed E-state index contributed by atoms with van der Waals surface area (Å²) in [6, 6.07) is 1.29. The lowest BCUT2D eigenvalue weighted by atomic mass is 10.2. The van der Waals surface area contributed by atoms with Gasteiger partial charge >= 0.3 is 11.8 Å². The number of nitrogens with zero attached hydrogens (tertiary/aromatic N) is 6. The first-order valence-electron chi connectivity index (χ1n) is 12.0. The number of carbonyl (C=O) groups is 2. The number of aromatic nitrogens is 4. The molecule has 4 rings (SSSR count). The minimum absolute atomic E-state index is 0.0569. The third kappa shape index (κ3) is 6.01. The number of amides is 2. The number of nitro groups is 1. The average molecular weight is 562 g/mol. The molecule has 0 aliphatic carbocycles. The van der Waals surface area contributed by atoms with Gasteiger partial charge in [0.25, 0.3) is 11.8 Å². The van der Waals surface area contributed by atoms with Crippen LogP contribution in [0.5, 0.6) is 5.88 Å². The standard InChI is InChI=1S/C24H28ClN7O7/c1-13(38-12-14-8-17(32(35)36)21(37-5)27-9-14)11-30(23(34)39-24(2,3)4)22(33)16-10-28-31-19-15(6-7-26-19)18(25)29-20(16)31/h8-10,13,26H,6-7,11-12H2,1-5H3/t13-/m1/s1. The first kappa shape index (κ1) is 28.0. The highest BCUT2D eigenvalue weighted by atomic mass is 35.5. The molecular weight excluding hydrogens is 534 g/mol. The van der Waals surface area contributed by atoms with E-state index < -0.39 is 28.6 Å². The smallest absolute Gasteiger partial charge is 0.417 e. The van der Waals surface area contributed by atoms with Gasteiger partial charge in [-0.2, -0.15) is 9.61 Å². The van der Waals surface area contributed by atoms with Crippen LogP contribution in [0.1, 0.15) is 49.2 Å². The van der Waals surface area contributed by atoms with Gasteiger partial charge < -0.3 is 19.5 Å². The molecule has 0 saturated carbocycles. The normalized spacial score (nSPS) is 13.5. The van der Waals surface area contributed by atoms with Crippen molar-refractivity contribution in [2.45, 2.75) is 52.4 Å². The molecule has 0 aromatic carbocycles. The molecule has 15 heteroatoms. The minimum Gasteiger partial charge on any atom is -0.476 e. The highest BCUT2D eigenvalue weighted by Gasteiger charge is 2.33. The van der Waals surface area contributed by atoms with Crippen LogP contribution in [0.4, 0.5) is 16.3 Å². The SMILES string of the molecule is COc1ncc(CO[C@H](C)CN(C(=O)OC(C)(C)C)C(=O)c2cnn3c4c(c(Cl)nc23)CCN4)cc1[N+](=O)[O-]. The van der Waals surface area contributed by atoms with Gasteiger partial charge in [-0.25, -0.2) is 19.7 Å². The molecule has 0 unspecified atom stereocenters. The zero-order valence-electron chi connectivity index (χ0n) is 22.1. The first-order valence-corrected chi connectivity index (χ1v) is 12.4. The number of hydrogen-bond donors (Lipinski definition) is 1. The van der Waals surface area contributed by atoms with E-state index in [0.717, 1.165) is 10.5 Å². The number of halogens is 1. The molecule has 208 valence electrons. The number of methoxy groups -OCH3 is 1. The van der Waals surface area contributed by atoms with Crippen LogP contribution in [-0.4, -0.2) is 73.3 Å². The zero-order valence-corrected chi connectivity index (χ0v) is 22.8. The number of ether oxygens (including phenoxy) is 3. The van der Waals surface area contributed by atoms with E-state index in [1.54, 1.807) is 27.7 Å². The van der Waals surface area contributed by atoms with Crippen molar-refractivity contribution in [2.75, 3.05) is 25.5 Å². The number of nitrogens with one attached hydrogen (secondary N) is 1. The van der Waals surface area contributed by atoms with E-state index in [0.29, 0.717) is 24.3 Å². The van der Waals surface area contributed by atoms with Gasteiger partial charge in [-0.05, 0) is 34.1 Å². The predicted molar refractivity (Wildman–Crippen MR) is 139 cm³/mol. The monoisotopic (exact) mass is 561 g/mol. The Kier molecular flexibility index (Phi) is 7.88. The average Bonchev–Trinajstić information content (AvgIpc) is 3.52. The van der Waals surface area contributed by atoms with Gasteiger partial charge in [-0.1, -0.05) is 11.6 Å². The van der Waals surface area contributed by atoms with Gasteiger partial charge in [-0.15, -0.1) is 0 Å². The fourth-order valence-corrected chi connectivity index (χ4v) is 4.22. The first-order chi connectivity index (χ1) is 18.4. The van der Waals surface area contributed by atoms with Gasteiger partial charge in [0.1, 0.15) is 22.1 Å². The van der Waals surface area contributed by atoms with E-state index >= 15 is 0 Å². The van der Waals surface area contributed by atoms with E-state index in [1.807, 2.05) is 0 Å². The predicted octanol–water partition coefficient (Wildman–Crippen LogP) is 3.65. The molecular formula is C24H28ClN7O7. The highest BCUT2D eigenvalue weighted by molar-refractivity contribution is 6.30. The van der Waals surface area contributed by atoms with Gasteiger partial charge in [0.15, 0.2) is 5.65 Å². The fourth-order valence-electron chi connectivity index (χ4n) is 3.96. The Hall–Kier alpha value is -4.04. The third-order valence-corrected chi connectivity index (χ3v) is 6.02. The second-order valence-corrected chi connectivity index (χ2v) is 10.2. The van der Waals surface area contributed by atoms with Crippen molar-refractivity contribution in [1.82, 2.24) is 24.5 Å². The molecule has 1 aliphatic rings. The summed E-state index contributed by atoms with van der Waals surface area (Å²) in [5.74, 6) is -0.175. The van der Waals surface area contributed by atoms with Crippen molar-refractivity contribution in [3.8, 4) is 5.88 Å². The third-order valence-electron chi connectivity index (χ3n) is 5.70. The van der Waals surface area contributed by atoms with Crippen molar-refractivity contribution in [2.24, 2.45) is 0 Å². The van der Waals surface area contributed by atoms with Crippen molar-refractivity contribution in [3.63, 3.8) is 0 Å². The maximum Gasteiger partial charge on any atom is 0.417 e. The molecule has 2 amide bonds. The number of pyridine rings is 1. The number of hydrogen-bond acceptors (Lipinski definition) is 11. The Balaban J connectivity index is 1.57. The molecule has 3 aromatic rings. The van der Waals surface area contributed by atoms with E-state index in [9.17, 15) is 19.7 Å². The Morgan fingerprint density at radius 1 is 1.33 bits per heavy atom. The van der Waals surface area contributed by atoms with Crippen LogP contribution in [0, 0.1) is 10.1 Å². The van der Waals surface area contributed by atoms with Gasteiger partial charge in [0.2, 0.25) is 0 Å². The summed E-state index contributed by atoms with van der Waals surface area (Å²) < 4.78 is 17.7. The van der Waals surface area contributed by atoms with Crippen LogP contribution in [-0.2, 0) is 22.5 Å². The molecule has 1 atom stereocenters. The minimum atomic E-state index is -0.880. The summed E-state index contributed by atoms with van der Waals surface area (Å²) in [6.45, 7) is 7.10. The second kappa shape index (κ2) is 11.0. The quantitative estimate of drug-likeness (QED) is 0.242. The molecule has 0 spiro atoms. The molecule has 0 fully saturated rings. The molecule has 0 saturated heterocycles. The Morgan fingerprint density at radius 2 is 2.08 bits per heavy atom. The molecule has 14 nitrogen and oxygen atoms in total. The van der Waals surface area contributed by atoms with Crippen molar-refractivity contribution < 1.29 is 28.7 Å².